The van der Waals surface area contributed by atoms with E-state index in [1.807, 2.05) is 0 Å². The van der Waals surface area contributed by atoms with Gasteiger partial charge in [-0.25, -0.2) is 0 Å². The Bertz CT molecular complexity index is 359. The quantitative estimate of drug-likeness (QED) is 0.672. The van der Waals surface area contributed by atoms with Crippen molar-refractivity contribution in [3.63, 3.8) is 0 Å². The normalized spacial score (nSPS) is 12.2. The van der Waals surface area contributed by atoms with Crippen LogP contribution >= 0.6 is 0 Å². The number of aryl methyl sites for hydroxylation is 1. The van der Waals surface area contributed by atoms with Crippen LogP contribution in [0.1, 0.15) is 58.2 Å². The number of hydrogen-bond acceptors (Lipinski definition) is 1. The maximum absolute atomic E-state index is 10.4. The van der Waals surface area contributed by atoms with Crippen LogP contribution in [0.5, 0.6) is 5.75 Å². The van der Waals surface area contributed by atoms with Gasteiger partial charge >= 0.3 is 18.9 Å². The van der Waals surface area contributed by atoms with Crippen molar-refractivity contribution in [3.05, 3.63) is 28.8 Å². The molecule has 1 N–H and O–H groups in total. The second kappa shape index (κ2) is 5.08. The summed E-state index contributed by atoms with van der Waals surface area (Å²) < 4.78 is 0. The van der Waals surface area contributed by atoms with E-state index >= 15 is 0 Å². The predicted molar refractivity (Wildman–Crippen MR) is 77.4 cm³/mol. The molecule has 0 fully saturated rings. The van der Waals surface area contributed by atoms with Gasteiger partial charge in [-0.3, -0.25) is 0 Å². The van der Waals surface area contributed by atoms with E-state index in [9.17, 15) is 5.11 Å². The molecule has 0 radical (unpaired) electrons. The zero-order valence-corrected chi connectivity index (χ0v) is 11.6. The molecule has 0 saturated carbocycles. The average molecular weight is 228 g/mol. The zero-order valence-electron chi connectivity index (χ0n) is 11.6. The van der Waals surface area contributed by atoms with Gasteiger partial charge in [0.25, 0.3) is 0 Å². The van der Waals surface area contributed by atoms with Gasteiger partial charge < -0.3 is 5.11 Å². The minimum atomic E-state index is -0.0178. The van der Waals surface area contributed by atoms with E-state index in [0.29, 0.717) is 5.75 Å². The number of benzene rings is 1. The molecule has 2 heteroatoms. The molecule has 0 unspecified atom stereocenters. The van der Waals surface area contributed by atoms with Crippen LogP contribution < -0.4 is 0 Å². The summed E-state index contributed by atoms with van der Waals surface area (Å²) in [4.78, 5) is 0. The van der Waals surface area contributed by atoms with E-state index in [0.717, 1.165) is 11.1 Å². The van der Waals surface area contributed by atoms with Crippen LogP contribution in [0.3, 0.4) is 0 Å². The number of hydrogen-bond donors (Lipinski definition) is 1. The molecule has 1 aromatic carbocycles. The first-order chi connectivity index (χ1) is 7.03. The van der Waals surface area contributed by atoms with E-state index < -0.39 is 0 Å². The van der Waals surface area contributed by atoms with Crippen LogP contribution in [0.4, 0.5) is 0 Å². The van der Waals surface area contributed by atoms with Crippen molar-refractivity contribution in [1.29, 1.82) is 0 Å². The van der Waals surface area contributed by atoms with Gasteiger partial charge in [0.05, 0.1) is 0 Å². The van der Waals surface area contributed by atoms with Gasteiger partial charge in [-0.15, -0.1) is 0 Å². The van der Waals surface area contributed by atoms with E-state index in [4.69, 9.17) is 0 Å². The first-order valence-corrected chi connectivity index (χ1v) is 5.88. The molecule has 0 bridgehead atoms. The summed E-state index contributed by atoms with van der Waals surface area (Å²) in [7, 11) is 0. The Hall–Kier alpha value is -0.383. The van der Waals surface area contributed by atoms with Crippen LogP contribution in [0.25, 0.3) is 0 Å². The molecule has 1 rings (SSSR count). The maximum atomic E-state index is 10.4. The molecule has 0 spiro atoms. The summed E-state index contributed by atoms with van der Waals surface area (Å²) in [6.07, 6.45) is 0. The fraction of sp³-hybridized carbons (Fsp3) is 0.600. The molecule has 92 valence electrons. The van der Waals surface area contributed by atoms with E-state index in [2.05, 4.69) is 60.6 Å². The topological polar surface area (TPSA) is 20.2 Å². The first kappa shape index (κ1) is 16.6. The Morgan fingerprint density at radius 1 is 0.824 bits per heavy atom. The van der Waals surface area contributed by atoms with Crippen molar-refractivity contribution in [1.82, 2.24) is 0 Å². The molecule has 0 aliphatic rings. The third-order valence-electron chi connectivity index (χ3n) is 2.87. The van der Waals surface area contributed by atoms with Crippen molar-refractivity contribution in [3.8, 4) is 5.75 Å². The van der Waals surface area contributed by atoms with E-state index in [1.165, 1.54) is 5.56 Å². The molecule has 0 heterocycles. The molecule has 0 aliphatic carbocycles. The van der Waals surface area contributed by atoms with Crippen LogP contribution in [0.2, 0.25) is 0 Å². The van der Waals surface area contributed by atoms with Gasteiger partial charge in [-0.1, -0.05) is 59.2 Å². The van der Waals surface area contributed by atoms with Gasteiger partial charge in [0.15, 0.2) is 0 Å². The van der Waals surface area contributed by atoms with Crippen molar-refractivity contribution in [2.24, 2.45) is 0 Å². The number of phenols is 1. The standard InChI is InChI=1S/C15H24O.Li.H/c1-10-8-11(14(2,3)4)13(16)12(9-10)15(5,6)7;;/h8-9,16H,1-7H3;;. The second-order valence-corrected chi connectivity index (χ2v) is 6.71. The van der Waals surface area contributed by atoms with Gasteiger partial charge in [-0.2, -0.15) is 0 Å². The molecular formula is C15H25LiO. The SMILES string of the molecule is Cc1cc(C(C)(C)C)c(O)c(C(C)(C)C)c1.[LiH]. The fourth-order valence-corrected chi connectivity index (χ4v) is 1.92. The molecule has 1 nitrogen and oxygen atoms in total. The molecule has 0 amide bonds. The Kier molecular flexibility index (Phi) is 4.97. The second-order valence-electron chi connectivity index (χ2n) is 6.71. The van der Waals surface area contributed by atoms with E-state index in [1.54, 1.807) is 0 Å². The Morgan fingerprint density at radius 3 is 1.35 bits per heavy atom. The molecule has 0 aliphatic heterocycles. The van der Waals surface area contributed by atoms with E-state index in [-0.39, 0.29) is 29.7 Å². The summed E-state index contributed by atoms with van der Waals surface area (Å²) in [5.41, 5.74) is 3.26. The van der Waals surface area contributed by atoms with Crippen LogP contribution in [-0.4, -0.2) is 24.0 Å². The Morgan fingerprint density at radius 2 is 1.12 bits per heavy atom. The minimum absolute atomic E-state index is 0. The van der Waals surface area contributed by atoms with Gasteiger partial charge in [0.1, 0.15) is 5.75 Å². The van der Waals surface area contributed by atoms with Crippen molar-refractivity contribution < 1.29 is 5.11 Å². The van der Waals surface area contributed by atoms with Crippen LogP contribution in [0.15, 0.2) is 12.1 Å². The van der Waals surface area contributed by atoms with Gasteiger partial charge in [0.2, 0.25) is 0 Å². The molecule has 1 aromatic rings. The predicted octanol–water partition coefficient (Wildman–Crippen LogP) is 3.65. The van der Waals surface area contributed by atoms with Crippen molar-refractivity contribution in [2.75, 3.05) is 0 Å². The van der Waals surface area contributed by atoms with Crippen LogP contribution in [-0.2, 0) is 10.8 Å². The van der Waals surface area contributed by atoms with Gasteiger partial charge in [0, 0.05) is 0 Å². The summed E-state index contributed by atoms with van der Waals surface area (Å²) >= 11 is 0. The molecule has 0 atom stereocenters. The fourth-order valence-electron chi connectivity index (χ4n) is 1.92. The summed E-state index contributed by atoms with van der Waals surface area (Å²) in [5, 5.41) is 10.4. The van der Waals surface area contributed by atoms with Crippen molar-refractivity contribution >= 4 is 18.9 Å². The summed E-state index contributed by atoms with van der Waals surface area (Å²) in [6, 6.07) is 4.18. The molecule has 0 saturated heterocycles. The monoisotopic (exact) mass is 228 g/mol. The third-order valence-corrected chi connectivity index (χ3v) is 2.87. The number of phenolic OH excluding ortho intramolecular Hbond substituents is 1. The Labute approximate surface area is 118 Å². The third kappa shape index (κ3) is 3.80. The Balaban J connectivity index is 0.00000256. The number of aromatic hydroxyl groups is 1. The van der Waals surface area contributed by atoms with Gasteiger partial charge in [-0.05, 0) is 28.9 Å². The zero-order chi connectivity index (χ0) is 12.7. The van der Waals surface area contributed by atoms with Crippen LogP contribution in [0, 0.1) is 6.92 Å². The first-order valence-electron chi connectivity index (χ1n) is 5.88. The average Bonchev–Trinajstić information content (AvgIpc) is 2.04. The summed E-state index contributed by atoms with van der Waals surface area (Å²) in [6.45, 7) is 14.9. The van der Waals surface area contributed by atoms with Crippen molar-refractivity contribution in [2.45, 2.75) is 59.3 Å². The molecule has 17 heavy (non-hydrogen) atoms. The summed E-state index contributed by atoms with van der Waals surface area (Å²) in [5.74, 6) is 0.464. The molecule has 0 aromatic heterocycles. The molecular weight excluding hydrogens is 203 g/mol. The number of rotatable bonds is 0.